The molecule has 0 saturated heterocycles. The van der Waals surface area contributed by atoms with Crippen LogP contribution in [0.3, 0.4) is 0 Å². The number of thiophene rings is 1. The molecule has 0 unspecified atom stereocenters. The van der Waals surface area contributed by atoms with Crippen molar-refractivity contribution in [2.75, 3.05) is 5.32 Å². The third-order valence-electron chi connectivity index (χ3n) is 2.21. The summed E-state index contributed by atoms with van der Waals surface area (Å²) >= 11 is 6.62. The Morgan fingerprint density at radius 3 is 2.63 bits per heavy atom. The summed E-state index contributed by atoms with van der Waals surface area (Å²) in [5.41, 5.74) is 0.843. The van der Waals surface area contributed by atoms with E-state index in [4.69, 9.17) is 12.2 Å². The van der Waals surface area contributed by atoms with Gasteiger partial charge in [0, 0.05) is 16.6 Å². The second-order valence-corrected chi connectivity index (χ2v) is 5.05. The monoisotopic (exact) mass is 288 g/mol. The van der Waals surface area contributed by atoms with Crippen LogP contribution in [0.4, 0.5) is 5.69 Å². The van der Waals surface area contributed by atoms with Crippen LogP contribution in [0, 0.1) is 0 Å². The van der Waals surface area contributed by atoms with Gasteiger partial charge in [0.25, 0.3) is 0 Å². The van der Waals surface area contributed by atoms with Crippen molar-refractivity contribution in [2.24, 2.45) is 0 Å². The van der Waals surface area contributed by atoms with Gasteiger partial charge in [-0.1, -0.05) is 24.3 Å². The van der Waals surface area contributed by atoms with Gasteiger partial charge in [-0.2, -0.15) is 0 Å². The average molecular weight is 288 g/mol. The van der Waals surface area contributed by atoms with E-state index in [2.05, 4.69) is 10.6 Å². The predicted molar refractivity (Wildman–Crippen MR) is 84.2 cm³/mol. The van der Waals surface area contributed by atoms with Crippen molar-refractivity contribution in [1.82, 2.24) is 5.32 Å². The molecular weight excluding hydrogens is 276 g/mol. The van der Waals surface area contributed by atoms with Crippen LogP contribution in [-0.4, -0.2) is 11.0 Å². The lowest BCUT2D eigenvalue weighted by molar-refractivity contribution is -0.115. The highest BCUT2D eigenvalue weighted by atomic mass is 32.1. The summed E-state index contributed by atoms with van der Waals surface area (Å²) in [6.45, 7) is 0. The molecule has 1 aromatic carbocycles. The average Bonchev–Trinajstić information content (AvgIpc) is 2.90. The lowest BCUT2D eigenvalue weighted by Gasteiger charge is -2.07. The summed E-state index contributed by atoms with van der Waals surface area (Å²) in [4.78, 5) is 12.6. The maximum atomic E-state index is 11.6. The molecule has 96 valence electrons. The summed E-state index contributed by atoms with van der Waals surface area (Å²) in [6, 6.07) is 13.3. The van der Waals surface area contributed by atoms with Crippen LogP contribution in [0.15, 0.2) is 53.9 Å². The van der Waals surface area contributed by atoms with Crippen LogP contribution in [0.1, 0.15) is 4.88 Å². The summed E-state index contributed by atoms with van der Waals surface area (Å²) in [7, 11) is 0. The molecule has 5 heteroatoms. The van der Waals surface area contributed by atoms with Crippen molar-refractivity contribution >= 4 is 46.3 Å². The third-order valence-corrected chi connectivity index (χ3v) is 3.25. The highest BCUT2D eigenvalue weighted by molar-refractivity contribution is 7.80. The van der Waals surface area contributed by atoms with E-state index in [1.54, 1.807) is 17.4 Å². The molecule has 0 aliphatic carbocycles. The van der Waals surface area contributed by atoms with Crippen LogP contribution in [0.25, 0.3) is 6.08 Å². The number of para-hydroxylation sites is 1. The minimum Gasteiger partial charge on any atom is -0.332 e. The van der Waals surface area contributed by atoms with Gasteiger partial charge in [-0.25, -0.2) is 0 Å². The van der Waals surface area contributed by atoms with E-state index in [-0.39, 0.29) is 11.0 Å². The zero-order valence-electron chi connectivity index (χ0n) is 10.00. The first-order valence-electron chi connectivity index (χ1n) is 5.62. The Hall–Kier alpha value is -1.98. The zero-order valence-corrected chi connectivity index (χ0v) is 11.6. The van der Waals surface area contributed by atoms with Crippen molar-refractivity contribution in [3.8, 4) is 0 Å². The fraction of sp³-hybridized carbons (Fsp3) is 0. The predicted octanol–water partition coefficient (Wildman–Crippen LogP) is 3.27. The molecule has 0 spiro atoms. The molecule has 0 atom stereocenters. The van der Waals surface area contributed by atoms with Gasteiger partial charge >= 0.3 is 0 Å². The van der Waals surface area contributed by atoms with Crippen LogP contribution in [-0.2, 0) is 4.79 Å². The van der Waals surface area contributed by atoms with E-state index in [0.29, 0.717) is 0 Å². The highest BCUT2D eigenvalue weighted by Gasteiger charge is 2.01. The smallest absolute Gasteiger partial charge is 0.250 e. The van der Waals surface area contributed by atoms with E-state index >= 15 is 0 Å². The first kappa shape index (κ1) is 13.5. The SMILES string of the molecule is O=C(C=Cc1cccs1)NC(=S)Nc1ccccc1. The van der Waals surface area contributed by atoms with Crippen LogP contribution < -0.4 is 10.6 Å². The number of carbonyl (C=O) groups is 1. The molecule has 0 fully saturated rings. The lowest BCUT2D eigenvalue weighted by atomic mass is 10.3. The number of hydrogen-bond acceptors (Lipinski definition) is 3. The van der Waals surface area contributed by atoms with E-state index in [0.717, 1.165) is 10.6 Å². The Kier molecular flexibility index (Phi) is 4.83. The number of amides is 1. The second kappa shape index (κ2) is 6.82. The number of anilines is 1. The molecule has 1 heterocycles. The first-order chi connectivity index (χ1) is 9.24. The van der Waals surface area contributed by atoms with Crippen molar-refractivity contribution in [2.45, 2.75) is 0 Å². The van der Waals surface area contributed by atoms with Gasteiger partial charge in [-0.05, 0) is 41.9 Å². The van der Waals surface area contributed by atoms with Gasteiger partial charge in [0.1, 0.15) is 0 Å². The van der Waals surface area contributed by atoms with E-state index in [9.17, 15) is 4.79 Å². The molecule has 2 rings (SSSR count). The molecule has 0 bridgehead atoms. The normalized spacial score (nSPS) is 10.3. The Balaban J connectivity index is 1.84. The molecule has 0 aliphatic heterocycles. The van der Waals surface area contributed by atoms with Gasteiger partial charge < -0.3 is 5.32 Å². The van der Waals surface area contributed by atoms with Crippen LogP contribution in [0.2, 0.25) is 0 Å². The Morgan fingerprint density at radius 1 is 1.16 bits per heavy atom. The van der Waals surface area contributed by atoms with E-state index in [1.807, 2.05) is 47.8 Å². The van der Waals surface area contributed by atoms with Gasteiger partial charge in [0.05, 0.1) is 0 Å². The lowest BCUT2D eigenvalue weighted by Crippen LogP contribution is -2.32. The Morgan fingerprint density at radius 2 is 1.95 bits per heavy atom. The van der Waals surface area contributed by atoms with Gasteiger partial charge in [0.2, 0.25) is 5.91 Å². The summed E-state index contributed by atoms with van der Waals surface area (Å²) in [5.74, 6) is -0.248. The van der Waals surface area contributed by atoms with Crippen molar-refractivity contribution in [3.63, 3.8) is 0 Å². The summed E-state index contributed by atoms with van der Waals surface area (Å²) in [6.07, 6.45) is 3.22. The van der Waals surface area contributed by atoms with Gasteiger partial charge in [-0.3, -0.25) is 10.1 Å². The van der Waals surface area contributed by atoms with Gasteiger partial charge in [-0.15, -0.1) is 11.3 Å². The highest BCUT2D eigenvalue weighted by Crippen LogP contribution is 2.09. The Labute approximate surface area is 121 Å². The van der Waals surface area contributed by atoms with Crippen molar-refractivity contribution < 1.29 is 4.79 Å². The number of nitrogens with one attached hydrogen (secondary N) is 2. The molecule has 0 aliphatic rings. The minimum atomic E-state index is -0.248. The minimum absolute atomic E-state index is 0.248. The molecule has 2 N–H and O–H groups in total. The molecule has 0 radical (unpaired) electrons. The third kappa shape index (κ3) is 4.65. The van der Waals surface area contributed by atoms with E-state index in [1.165, 1.54) is 6.08 Å². The number of rotatable bonds is 3. The summed E-state index contributed by atoms with van der Waals surface area (Å²) < 4.78 is 0. The topological polar surface area (TPSA) is 41.1 Å². The van der Waals surface area contributed by atoms with Crippen molar-refractivity contribution in [3.05, 3.63) is 58.8 Å². The number of thiocarbonyl (C=S) groups is 1. The number of hydrogen-bond donors (Lipinski definition) is 2. The standard InChI is InChI=1S/C14H12N2OS2/c17-13(9-8-12-7-4-10-19-12)16-14(18)15-11-5-2-1-3-6-11/h1-10H,(H2,15,16,17,18). The first-order valence-corrected chi connectivity index (χ1v) is 6.91. The molecule has 1 aromatic heterocycles. The molecule has 2 aromatic rings. The molecule has 3 nitrogen and oxygen atoms in total. The maximum absolute atomic E-state index is 11.6. The summed E-state index contributed by atoms with van der Waals surface area (Å²) in [5, 5.41) is 7.77. The molecule has 19 heavy (non-hydrogen) atoms. The fourth-order valence-corrected chi connectivity index (χ4v) is 2.22. The number of carbonyl (C=O) groups excluding carboxylic acids is 1. The van der Waals surface area contributed by atoms with Crippen LogP contribution in [0.5, 0.6) is 0 Å². The maximum Gasteiger partial charge on any atom is 0.250 e. The van der Waals surface area contributed by atoms with E-state index < -0.39 is 0 Å². The van der Waals surface area contributed by atoms with Crippen LogP contribution >= 0.6 is 23.6 Å². The molecule has 1 amide bonds. The quantitative estimate of drug-likeness (QED) is 0.673. The largest absolute Gasteiger partial charge is 0.332 e. The fourth-order valence-electron chi connectivity index (χ4n) is 1.38. The molecule has 0 saturated carbocycles. The zero-order chi connectivity index (χ0) is 13.5. The van der Waals surface area contributed by atoms with Crippen molar-refractivity contribution in [1.29, 1.82) is 0 Å². The second-order valence-electron chi connectivity index (χ2n) is 3.66. The Bertz CT molecular complexity index is 577. The molecular formula is C14H12N2OS2. The number of benzene rings is 1. The van der Waals surface area contributed by atoms with Gasteiger partial charge in [0.15, 0.2) is 5.11 Å².